The summed E-state index contributed by atoms with van der Waals surface area (Å²) < 4.78 is 26.9. The number of benzene rings is 1. The maximum atomic E-state index is 13.7. The SMILES string of the molecule is CC(C)(C)C(N)c1cc(-c2cc(F)ccc2F)c[nH]1. The Balaban J connectivity index is 2.39. The summed E-state index contributed by atoms with van der Waals surface area (Å²) in [4.78, 5) is 3.04. The van der Waals surface area contributed by atoms with Crippen LogP contribution in [0.15, 0.2) is 30.5 Å². The van der Waals surface area contributed by atoms with Crippen LogP contribution in [0, 0.1) is 17.0 Å². The van der Waals surface area contributed by atoms with Gasteiger partial charge >= 0.3 is 0 Å². The van der Waals surface area contributed by atoms with E-state index in [-0.39, 0.29) is 17.0 Å². The Kier molecular flexibility index (Phi) is 3.45. The minimum Gasteiger partial charge on any atom is -0.363 e. The van der Waals surface area contributed by atoms with Gasteiger partial charge in [-0.1, -0.05) is 20.8 Å². The van der Waals surface area contributed by atoms with Gasteiger partial charge in [-0.25, -0.2) is 8.78 Å². The third kappa shape index (κ3) is 2.84. The third-order valence-electron chi connectivity index (χ3n) is 3.21. The summed E-state index contributed by atoms with van der Waals surface area (Å²) in [5.74, 6) is -0.907. The highest BCUT2D eigenvalue weighted by atomic mass is 19.1. The van der Waals surface area contributed by atoms with Crippen LogP contribution in [-0.4, -0.2) is 4.98 Å². The van der Waals surface area contributed by atoms with Crippen molar-refractivity contribution in [3.05, 3.63) is 47.8 Å². The van der Waals surface area contributed by atoms with E-state index in [1.807, 2.05) is 20.8 Å². The van der Waals surface area contributed by atoms with Crippen LogP contribution in [0.25, 0.3) is 11.1 Å². The van der Waals surface area contributed by atoms with Gasteiger partial charge in [-0.3, -0.25) is 0 Å². The molecule has 1 unspecified atom stereocenters. The van der Waals surface area contributed by atoms with E-state index in [2.05, 4.69) is 4.98 Å². The number of nitrogens with two attached hydrogens (primary N) is 1. The molecule has 2 aromatic rings. The van der Waals surface area contributed by atoms with Crippen molar-refractivity contribution in [2.75, 3.05) is 0 Å². The van der Waals surface area contributed by atoms with Crippen LogP contribution in [0.1, 0.15) is 32.5 Å². The smallest absolute Gasteiger partial charge is 0.131 e. The molecule has 4 heteroatoms. The van der Waals surface area contributed by atoms with Crippen molar-refractivity contribution in [2.45, 2.75) is 26.8 Å². The summed E-state index contributed by atoms with van der Waals surface area (Å²) >= 11 is 0. The largest absolute Gasteiger partial charge is 0.363 e. The van der Waals surface area contributed by atoms with Crippen LogP contribution >= 0.6 is 0 Å². The van der Waals surface area contributed by atoms with Crippen molar-refractivity contribution in [1.82, 2.24) is 4.98 Å². The van der Waals surface area contributed by atoms with Crippen LogP contribution in [0.5, 0.6) is 0 Å². The minimum absolute atomic E-state index is 0.109. The zero-order chi connectivity index (χ0) is 14.2. The molecule has 2 rings (SSSR count). The molecule has 1 atom stereocenters. The highest BCUT2D eigenvalue weighted by molar-refractivity contribution is 5.64. The van der Waals surface area contributed by atoms with E-state index >= 15 is 0 Å². The molecule has 2 nitrogen and oxygen atoms in total. The average Bonchev–Trinajstić information content (AvgIpc) is 2.79. The second-order valence-electron chi connectivity index (χ2n) is 5.81. The highest BCUT2D eigenvalue weighted by Crippen LogP contribution is 2.32. The average molecular weight is 264 g/mol. The molecule has 3 N–H and O–H groups in total. The fourth-order valence-electron chi connectivity index (χ4n) is 1.93. The number of aromatic amines is 1. The first-order valence-electron chi connectivity index (χ1n) is 6.18. The first-order chi connectivity index (χ1) is 8.79. The van der Waals surface area contributed by atoms with Gasteiger partial charge in [0.05, 0.1) is 0 Å². The molecule has 0 bridgehead atoms. The molecule has 0 aliphatic carbocycles. The van der Waals surface area contributed by atoms with Gasteiger partial charge in [0.15, 0.2) is 0 Å². The van der Waals surface area contributed by atoms with Gasteiger partial charge < -0.3 is 10.7 Å². The Morgan fingerprint density at radius 1 is 1.16 bits per heavy atom. The number of halogens is 2. The summed E-state index contributed by atoms with van der Waals surface area (Å²) in [5.41, 5.74) is 7.68. The first-order valence-corrected chi connectivity index (χ1v) is 6.18. The molecule has 1 aromatic carbocycles. The Hall–Kier alpha value is -1.68. The minimum atomic E-state index is -0.459. The molecule has 0 aliphatic rings. The van der Waals surface area contributed by atoms with Crippen LogP contribution < -0.4 is 5.73 Å². The van der Waals surface area contributed by atoms with E-state index in [0.29, 0.717) is 5.56 Å². The summed E-state index contributed by atoms with van der Waals surface area (Å²) in [6.07, 6.45) is 1.65. The number of hydrogen-bond acceptors (Lipinski definition) is 1. The second kappa shape index (κ2) is 4.78. The second-order valence-corrected chi connectivity index (χ2v) is 5.81. The molecule has 0 radical (unpaired) electrons. The van der Waals surface area contributed by atoms with E-state index < -0.39 is 11.6 Å². The van der Waals surface area contributed by atoms with Crippen LogP contribution in [-0.2, 0) is 0 Å². The number of rotatable bonds is 2. The molecule has 102 valence electrons. The van der Waals surface area contributed by atoms with Crippen molar-refractivity contribution in [3.8, 4) is 11.1 Å². The summed E-state index contributed by atoms with van der Waals surface area (Å²) in [7, 11) is 0. The molecular weight excluding hydrogens is 246 g/mol. The topological polar surface area (TPSA) is 41.8 Å². The van der Waals surface area contributed by atoms with Gasteiger partial charge in [-0.05, 0) is 29.7 Å². The molecule has 19 heavy (non-hydrogen) atoms. The number of nitrogens with one attached hydrogen (secondary N) is 1. The maximum absolute atomic E-state index is 13.7. The highest BCUT2D eigenvalue weighted by Gasteiger charge is 2.24. The van der Waals surface area contributed by atoms with Gasteiger partial charge in [-0.2, -0.15) is 0 Å². The van der Waals surface area contributed by atoms with E-state index in [9.17, 15) is 8.78 Å². The van der Waals surface area contributed by atoms with E-state index in [4.69, 9.17) is 5.73 Å². The molecule has 0 aliphatic heterocycles. The van der Waals surface area contributed by atoms with Gasteiger partial charge in [-0.15, -0.1) is 0 Å². The number of aromatic nitrogens is 1. The summed E-state index contributed by atoms with van der Waals surface area (Å²) in [6.45, 7) is 6.09. The zero-order valence-electron chi connectivity index (χ0n) is 11.3. The zero-order valence-corrected chi connectivity index (χ0v) is 11.3. The predicted octanol–water partition coefficient (Wildman–Crippen LogP) is 4.01. The Morgan fingerprint density at radius 3 is 2.47 bits per heavy atom. The monoisotopic (exact) mass is 264 g/mol. The predicted molar refractivity (Wildman–Crippen MR) is 72.5 cm³/mol. The van der Waals surface area contributed by atoms with E-state index in [0.717, 1.165) is 17.8 Å². The van der Waals surface area contributed by atoms with E-state index in [1.165, 1.54) is 6.07 Å². The van der Waals surface area contributed by atoms with Crippen LogP contribution in [0.3, 0.4) is 0 Å². The Bertz CT molecular complexity index is 582. The number of hydrogen-bond donors (Lipinski definition) is 2. The molecule has 0 spiro atoms. The Morgan fingerprint density at radius 2 is 1.84 bits per heavy atom. The van der Waals surface area contributed by atoms with Gasteiger partial charge in [0.1, 0.15) is 11.6 Å². The van der Waals surface area contributed by atoms with Gasteiger partial charge in [0.2, 0.25) is 0 Å². The van der Waals surface area contributed by atoms with E-state index in [1.54, 1.807) is 12.3 Å². The lowest BCUT2D eigenvalue weighted by Gasteiger charge is -2.26. The molecule has 0 amide bonds. The first kappa shape index (κ1) is 13.7. The quantitative estimate of drug-likeness (QED) is 0.845. The summed E-state index contributed by atoms with van der Waals surface area (Å²) in [6, 6.07) is 4.99. The lowest BCUT2D eigenvalue weighted by molar-refractivity contribution is 0.322. The standard InChI is InChI=1S/C15H18F2N2/c1-15(2,3)14(18)13-6-9(8-19-13)11-7-10(16)4-5-12(11)17/h4-8,14,19H,18H2,1-3H3. The lowest BCUT2D eigenvalue weighted by Crippen LogP contribution is -2.26. The van der Waals surface area contributed by atoms with Crippen LogP contribution in [0.4, 0.5) is 8.78 Å². The van der Waals surface area contributed by atoms with Gasteiger partial charge in [0, 0.05) is 29.1 Å². The normalized spacial score (nSPS) is 13.6. The number of H-pyrrole nitrogens is 1. The van der Waals surface area contributed by atoms with Gasteiger partial charge in [0.25, 0.3) is 0 Å². The molecular formula is C15H18F2N2. The lowest BCUT2D eigenvalue weighted by atomic mass is 9.85. The van der Waals surface area contributed by atoms with Crippen molar-refractivity contribution in [2.24, 2.45) is 11.1 Å². The van der Waals surface area contributed by atoms with Crippen molar-refractivity contribution < 1.29 is 8.78 Å². The Labute approximate surface area is 111 Å². The molecule has 0 saturated heterocycles. The summed E-state index contributed by atoms with van der Waals surface area (Å²) in [5, 5.41) is 0. The van der Waals surface area contributed by atoms with Crippen molar-refractivity contribution >= 4 is 0 Å². The molecule has 0 saturated carbocycles. The maximum Gasteiger partial charge on any atom is 0.131 e. The van der Waals surface area contributed by atoms with Crippen LogP contribution in [0.2, 0.25) is 0 Å². The molecule has 1 heterocycles. The molecule has 1 aromatic heterocycles. The third-order valence-corrected chi connectivity index (χ3v) is 3.21. The van der Waals surface area contributed by atoms with Crippen molar-refractivity contribution in [3.63, 3.8) is 0 Å². The van der Waals surface area contributed by atoms with Crippen molar-refractivity contribution in [1.29, 1.82) is 0 Å². The fraction of sp³-hybridized carbons (Fsp3) is 0.333. The molecule has 0 fully saturated rings. The fourth-order valence-corrected chi connectivity index (χ4v) is 1.93.